The SMILES string of the molecule is CCc1ccc(OC(c2cccc(OC)c2)C(C)N)cc1. The summed E-state index contributed by atoms with van der Waals surface area (Å²) in [5, 5.41) is 0. The summed E-state index contributed by atoms with van der Waals surface area (Å²) < 4.78 is 11.3. The third-order valence-corrected chi connectivity index (χ3v) is 3.49. The Morgan fingerprint density at radius 1 is 1.05 bits per heavy atom. The standard InChI is InChI=1S/C18H23NO2/c1-4-14-8-10-16(11-9-14)21-18(13(2)19)15-6-5-7-17(12-15)20-3/h5-13,18H,4,19H2,1-3H3. The van der Waals surface area contributed by atoms with E-state index in [4.69, 9.17) is 15.2 Å². The molecule has 2 N–H and O–H groups in total. The third kappa shape index (κ3) is 3.99. The number of hydrogen-bond donors (Lipinski definition) is 1. The van der Waals surface area contributed by atoms with Gasteiger partial charge in [-0.25, -0.2) is 0 Å². The minimum atomic E-state index is -0.201. The van der Waals surface area contributed by atoms with Gasteiger partial charge in [0.25, 0.3) is 0 Å². The first kappa shape index (κ1) is 15.4. The highest BCUT2D eigenvalue weighted by Gasteiger charge is 2.18. The van der Waals surface area contributed by atoms with Crippen molar-refractivity contribution in [1.82, 2.24) is 0 Å². The quantitative estimate of drug-likeness (QED) is 0.879. The Bertz CT molecular complexity index is 564. The molecule has 0 fully saturated rings. The molecule has 21 heavy (non-hydrogen) atoms. The number of hydrogen-bond acceptors (Lipinski definition) is 3. The van der Waals surface area contributed by atoms with Crippen LogP contribution in [0.2, 0.25) is 0 Å². The van der Waals surface area contributed by atoms with Crippen LogP contribution in [0.25, 0.3) is 0 Å². The van der Waals surface area contributed by atoms with Gasteiger partial charge in [0, 0.05) is 6.04 Å². The van der Waals surface area contributed by atoms with Crippen molar-refractivity contribution < 1.29 is 9.47 Å². The zero-order chi connectivity index (χ0) is 15.2. The van der Waals surface area contributed by atoms with E-state index in [2.05, 4.69) is 19.1 Å². The van der Waals surface area contributed by atoms with E-state index in [-0.39, 0.29) is 12.1 Å². The highest BCUT2D eigenvalue weighted by atomic mass is 16.5. The van der Waals surface area contributed by atoms with Crippen LogP contribution in [0.15, 0.2) is 48.5 Å². The van der Waals surface area contributed by atoms with Crippen LogP contribution >= 0.6 is 0 Å². The lowest BCUT2D eigenvalue weighted by atomic mass is 10.0. The molecule has 0 aliphatic rings. The molecule has 0 aliphatic heterocycles. The van der Waals surface area contributed by atoms with E-state index in [0.717, 1.165) is 23.5 Å². The van der Waals surface area contributed by atoms with Crippen molar-refractivity contribution in [3.8, 4) is 11.5 Å². The van der Waals surface area contributed by atoms with Crippen molar-refractivity contribution in [2.45, 2.75) is 32.4 Å². The van der Waals surface area contributed by atoms with Crippen molar-refractivity contribution in [3.05, 3.63) is 59.7 Å². The van der Waals surface area contributed by atoms with Crippen LogP contribution in [0.3, 0.4) is 0 Å². The number of benzene rings is 2. The smallest absolute Gasteiger partial charge is 0.139 e. The van der Waals surface area contributed by atoms with Gasteiger partial charge >= 0.3 is 0 Å². The maximum atomic E-state index is 6.10. The van der Waals surface area contributed by atoms with Crippen LogP contribution in [-0.4, -0.2) is 13.2 Å². The van der Waals surface area contributed by atoms with Crippen LogP contribution < -0.4 is 15.2 Å². The highest BCUT2D eigenvalue weighted by Crippen LogP contribution is 2.27. The monoisotopic (exact) mass is 285 g/mol. The Morgan fingerprint density at radius 3 is 2.33 bits per heavy atom. The average Bonchev–Trinajstić information content (AvgIpc) is 2.53. The molecule has 0 saturated heterocycles. The summed E-state index contributed by atoms with van der Waals surface area (Å²) in [5.74, 6) is 1.64. The number of nitrogens with two attached hydrogens (primary N) is 1. The van der Waals surface area contributed by atoms with E-state index < -0.39 is 0 Å². The predicted octanol–water partition coefficient (Wildman–Crippen LogP) is 3.72. The molecule has 0 bridgehead atoms. The summed E-state index contributed by atoms with van der Waals surface area (Å²) in [6.45, 7) is 4.08. The molecule has 0 amide bonds. The molecule has 3 nitrogen and oxygen atoms in total. The average molecular weight is 285 g/mol. The van der Waals surface area contributed by atoms with E-state index in [0.29, 0.717) is 0 Å². The topological polar surface area (TPSA) is 44.5 Å². The number of methoxy groups -OCH3 is 1. The number of ether oxygens (including phenoxy) is 2. The summed E-state index contributed by atoms with van der Waals surface area (Å²) in [6, 6.07) is 15.9. The minimum Gasteiger partial charge on any atom is -0.497 e. The highest BCUT2D eigenvalue weighted by molar-refractivity contribution is 5.33. The van der Waals surface area contributed by atoms with Gasteiger partial charge in [-0.15, -0.1) is 0 Å². The summed E-state index contributed by atoms with van der Waals surface area (Å²) in [5.41, 5.74) is 8.41. The largest absolute Gasteiger partial charge is 0.497 e. The van der Waals surface area contributed by atoms with E-state index in [1.54, 1.807) is 7.11 Å². The van der Waals surface area contributed by atoms with E-state index in [1.807, 2.05) is 43.3 Å². The minimum absolute atomic E-state index is 0.122. The van der Waals surface area contributed by atoms with Gasteiger partial charge in [0.1, 0.15) is 17.6 Å². The molecule has 2 rings (SSSR count). The van der Waals surface area contributed by atoms with Crippen molar-refractivity contribution in [2.75, 3.05) is 7.11 Å². The lowest BCUT2D eigenvalue weighted by Crippen LogP contribution is -2.29. The summed E-state index contributed by atoms with van der Waals surface area (Å²) in [6.07, 6.45) is 0.819. The molecule has 112 valence electrons. The Kier molecular flexibility index (Phi) is 5.23. The van der Waals surface area contributed by atoms with Gasteiger partial charge in [0.05, 0.1) is 7.11 Å². The fourth-order valence-corrected chi connectivity index (χ4v) is 2.25. The Hall–Kier alpha value is -2.00. The van der Waals surface area contributed by atoms with E-state index in [1.165, 1.54) is 5.56 Å². The Morgan fingerprint density at radius 2 is 1.76 bits per heavy atom. The zero-order valence-electron chi connectivity index (χ0n) is 12.9. The fourth-order valence-electron chi connectivity index (χ4n) is 2.25. The summed E-state index contributed by atoms with van der Waals surface area (Å²) in [7, 11) is 1.66. The number of rotatable bonds is 6. The molecule has 0 radical (unpaired) electrons. The molecule has 0 saturated carbocycles. The molecule has 2 unspecified atom stereocenters. The molecule has 3 heteroatoms. The molecule has 0 aromatic heterocycles. The second-order valence-electron chi connectivity index (χ2n) is 5.17. The van der Waals surface area contributed by atoms with Gasteiger partial charge in [-0.2, -0.15) is 0 Å². The van der Waals surface area contributed by atoms with Crippen molar-refractivity contribution in [2.24, 2.45) is 5.73 Å². The van der Waals surface area contributed by atoms with Crippen LogP contribution in [0.5, 0.6) is 11.5 Å². The van der Waals surface area contributed by atoms with Crippen LogP contribution in [0.1, 0.15) is 31.1 Å². The summed E-state index contributed by atoms with van der Waals surface area (Å²) >= 11 is 0. The first-order chi connectivity index (χ1) is 10.1. The van der Waals surface area contributed by atoms with Gasteiger partial charge in [-0.3, -0.25) is 0 Å². The van der Waals surface area contributed by atoms with Crippen LogP contribution in [0, 0.1) is 0 Å². The molecule has 0 aliphatic carbocycles. The molecule has 2 atom stereocenters. The van der Waals surface area contributed by atoms with Crippen molar-refractivity contribution in [1.29, 1.82) is 0 Å². The first-order valence-corrected chi connectivity index (χ1v) is 7.29. The van der Waals surface area contributed by atoms with Gasteiger partial charge in [-0.1, -0.05) is 31.2 Å². The summed E-state index contributed by atoms with van der Waals surface area (Å²) in [4.78, 5) is 0. The number of aryl methyl sites for hydroxylation is 1. The van der Waals surface area contributed by atoms with Crippen molar-refractivity contribution in [3.63, 3.8) is 0 Å². The second kappa shape index (κ2) is 7.14. The molecule has 0 spiro atoms. The molecule has 0 heterocycles. The van der Waals surface area contributed by atoms with E-state index >= 15 is 0 Å². The maximum absolute atomic E-state index is 6.10. The maximum Gasteiger partial charge on any atom is 0.139 e. The Balaban J connectivity index is 2.21. The molecule has 2 aromatic carbocycles. The van der Waals surface area contributed by atoms with Gasteiger partial charge in [-0.05, 0) is 48.7 Å². The zero-order valence-corrected chi connectivity index (χ0v) is 12.9. The van der Waals surface area contributed by atoms with Crippen LogP contribution in [0.4, 0.5) is 0 Å². The lowest BCUT2D eigenvalue weighted by Gasteiger charge is -2.23. The van der Waals surface area contributed by atoms with Gasteiger partial charge in [0.2, 0.25) is 0 Å². The second-order valence-corrected chi connectivity index (χ2v) is 5.17. The third-order valence-electron chi connectivity index (χ3n) is 3.49. The molecular formula is C18H23NO2. The molecule has 2 aromatic rings. The predicted molar refractivity (Wildman–Crippen MR) is 85.8 cm³/mol. The van der Waals surface area contributed by atoms with Gasteiger partial charge in [0.15, 0.2) is 0 Å². The first-order valence-electron chi connectivity index (χ1n) is 7.29. The van der Waals surface area contributed by atoms with Crippen LogP contribution in [-0.2, 0) is 6.42 Å². The molecular weight excluding hydrogens is 262 g/mol. The Labute approximate surface area is 126 Å². The lowest BCUT2D eigenvalue weighted by molar-refractivity contribution is 0.180. The van der Waals surface area contributed by atoms with Gasteiger partial charge < -0.3 is 15.2 Å². The normalized spacial score (nSPS) is 13.5. The van der Waals surface area contributed by atoms with E-state index in [9.17, 15) is 0 Å². The fraction of sp³-hybridized carbons (Fsp3) is 0.333. The van der Waals surface area contributed by atoms with Crippen molar-refractivity contribution >= 4 is 0 Å².